The van der Waals surface area contributed by atoms with Gasteiger partial charge in [0.15, 0.2) is 5.96 Å². The van der Waals surface area contributed by atoms with Crippen molar-refractivity contribution in [3.63, 3.8) is 0 Å². The molecule has 1 atom stereocenters. The highest BCUT2D eigenvalue weighted by atomic mass is 127. The third-order valence-electron chi connectivity index (χ3n) is 4.71. The molecule has 1 aliphatic rings. The maximum Gasteiger partial charge on any atom is 0.191 e. The number of ether oxygens (including phenoxy) is 3. The number of para-hydroxylation sites is 1. The van der Waals surface area contributed by atoms with Crippen LogP contribution in [0.3, 0.4) is 0 Å². The number of hydrogen-bond donors (Lipinski definition) is 2. The van der Waals surface area contributed by atoms with E-state index in [2.05, 4.69) is 39.9 Å². The summed E-state index contributed by atoms with van der Waals surface area (Å²) in [6.07, 6.45) is 2.22. The minimum atomic E-state index is 0. The second kappa shape index (κ2) is 14.2. The highest BCUT2D eigenvalue weighted by Gasteiger charge is 2.15. The largest absolute Gasteiger partial charge is 0.489 e. The minimum absolute atomic E-state index is 0. The van der Waals surface area contributed by atoms with Crippen molar-refractivity contribution in [3.8, 4) is 5.75 Å². The SMILES string of the molecule is CN=C(NCCCOC1CCOC1)NCc1ccc(COc2ccccc2)cc1.I. The van der Waals surface area contributed by atoms with Gasteiger partial charge in [-0.15, -0.1) is 24.0 Å². The van der Waals surface area contributed by atoms with Gasteiger partial charge in [-0.3, -0.25) is 4.99 Å². The van der Waals surface area contributed by atoms with Crippen molar-refractivity contribution in [2.24, 2.45) is 4.99 Å². The maximum atomic E-state index is 5.78. The van der Waals surface area contributed by atoms with E-state index in [1.807, 2.05) is 30.3 Å². The fourth-order valence-corrected chi connectivity index (χ4v) is 3.02. The first-order valence-corrected chi connectivity index (χ1v) is 10.2. The third kappa shape index (κ3) is 8.89. The second-order valence-electron chi connectivity index (χ2n) is 6.98. The average Bonchev–Trinajstić information content (AvgIpc) is 3.29. The average molecular weight is 525 g/mol. The summed E-state index contributed by atoms with van der Waals surface area (Å²) >= 11 is 0. The van der Waals surface area contributed by atoms with Crippen LogP contribution in [0.15, 0.2) is 59.6 Å². The molecular weight excluding hydrogens is 493 g/mol. The monoisotopic (exact) mass is 525 g/mol. The van der Waals surface area contributed by atoms with Gasteiger partial charge in [0.1, 0.15) is 12.4 Å². The van der Waals surface area contributed by atoms with Gasteiger partial charge in [0.25, 0.3) is 0 Å². The Kier molecular flexibility index (Phi) is 11.6. The molecule has 1 aliphatic heterocycles. The van der Waals surface area contributed by atoms with Gasteiger partial charge in [0.2, 0.25) is 0 Å². The van der Waals surface area contributed by atoms with Crippen LogP contribution in [0.2, 0.25) is 0 Å². The predicted octanol–water partition coefficient (Wildman–Crippen LogP) is 3.74. The van der Waals surface area contributed by atoms with Crippen LogP contribution in [-0.2, 0) is 22.6 Å². The molecule has 164 valence electrons. The van der Waals surface area contributed by atoms with E-state index in [0.717, 1.165) is 63.0 Å². The summed E-state index contributed by atoms with van der Waals surface area (Å²) in [6.45, 7) is 4.40. The van der Waals surface area contributed by atoms with Crippen LogP contribution in [0.5, 0.6) is 5.75 Å². The molecule has 7 heteroatoms. The van der Waals surface area contributed by atoms with Crippen molar-refractivity contribution in [1.82, 2.24) is 10.6 Å². The highest BCUT2D eigenvalue weighted by molar-refractivity contribution is 14.0. The molecule has 30 heavy (non-hydrogen) atoms. The molecule has 0 spiro atoms. The Labute approximate surface area is 196 Å². The van der Waals surface area contributed by atoms with E-state index < -0.39 is 0 Å². The standard InChI is InChI=1S/C23H31N3O3.HI/c1-24-23(25-13-5-14-28-22-12-15-27-18-22)26-16-19-8-10-20(11-9-19)17-29-21-6-3-2-4-7-21;/h2-4,6-11,22H,5,12-18H2,1H3,(H2,24,25,26);1H. The van der Waals surface area contributed by atoms with Crippen molar-refractivity contribution in [3.05, 3.63) is 65.7 Å². The van der Waals surface area contributed by atoms with E-state index in [-0.39, 0.29) is 30.1 Å². The van der Waals surface area contributed by atoms with Gasteiger partial charge in [-0.1, -0.05) is 42.5 Å². The molecule has 2 aromatic rings. The van der Waals surface area contributed by atoms with Gasteiger partial charge in [-0.05, 0) is 36.1 Å². The van der Waals surface area contributed by atoms with Crippen molar-refractivity contribution >= 4 is 29.9 Å². The first kappa shape index (κ1) is 24.4. The summed E-state index contributed by atoms with van der Waals surface area (Å²) in [5, 5.41) is 6.66. The molecule has 1 heterocycles. The van der Waals surface area contributed by atoms with Crippen LogP contribution in [0.4, 0.5) is 0 Å². The number of guanidine groups is 1. The fraction of sp³-hybridized carbons (Fsp3) is 0.435. The van der Waals surface area contributed by atoms with E-state index in [0.29, 0.717) is 6.61 Å². The molecular formula is C23H32IN3O3. The molecule has 1 fully saturated rings. The molecule has 0 aromatic heterocycles. The van der Waals surface area contributed by atoms with E-state index in [9.17, 15) is 0 Å². The highest BCUT2D eigenvalue weighted by Crippen LogP contribution is 2.12. The number of rotatable bonds is 10. The Balaban J connectivity index is 0.00000320. The second-order valence-corrected chi connectivity index (χ2v) is 6.98. The number of halogens is 1. The molecule has 1 saturated heterocycles. The molecule has 6 nitrogen and oxygen atoms in total. The molecule has 1 unspecified atom stereocenters. The van der Waals surface area contributed by atoms with Gasteiger partial charge in [0, 0.05) is 33.4 Å². The quantitative estimate of drug-likeness (QED) is 0.214. The van der Waals surface area contributed by atoms with Gasteiger partial charge >= 0.3 is 0 Å². The van der Waals surface area contributed by atoms with E-state index in [1.54, 1.807) is 7.05 Å². The van der Waals surface area contributed by atoms with Crippen LogP contribution in [0.1, 0.15) is 24.0 Å². The lowest BCUT2D eigenvalue weighted by Crippen LogP contribution is -2.37. The Morgan fingerprint density at radius 2 is 1.83 bits per heavy atom. The molecule has 2 aromatic carbocycles. The zero-order valence-electron chi connectivity index (χ0n) is 17.5. The molecule has 0 bridgehead atoms. The van der Waals surface area contributed by atoms with Gasteiger partial charge in [-0.2, -0.15) is 0 Å². The summed E-state index contributed by atoms with van der Waals surface area (Å²) in [7, 11) is 1.78. The lowest BCUT2D eigenvalue weighted by atomic mass is 10.1. The first-order valence-electron chi connectivity index (χ1n) is 10.2. The Morgan fingerprint density at radius 1 is 1.07 bits per heavy atom. The molecule has 2 N–H and O–H groups in total. The predicted molar refractivity (Wildman–Crippen MR) is 131 cm³/mol. The molecule has 0 amide bonds. The Morgan fingerprint density at radius 3 is 2.53 bits per heavy atom. The zero-order chi connectivity index (χ0) is 20.2. The van der Waals surface area contributed by atoms with Crippen molar-refractivity contribution < 1.29 is 14.2 Å². The minimum Gasteiger partial charge on any atom is -0.489 e. The van der Waals surface area contributed by atoms with Crippen LogP contribution in [-0.4, -0.2) is 45.5 Å². The van der Waals surface area contributed by atoms with Gasteiger partial charge in [-0.25, -0.2) is 0 Å². The third-order valence-corrected chi connectivity index (χ3v) is 4.71. The van der Waals surface area contributed by atoms with Crippen molar-refractivity contribution in [2.75, 3.05) is 33.4 Å². The Hall–Kier alpha value is -1.84. The summed E-state index contributed by atoms with van der Waals surface area (Å²) < 4.78 is 16.9. The van der Waals surface area contributed by atoms with Gasteiger partial charge < -0.3 is 24.8 Å². The molecule has 3 rings (SSSR count). The summed E-state index contributed by atoms with van der Waals surface area (Å²) in [5.41, 5.74) is 2.34. The number of hydrogen-bond acceptors (Lipinski definition) is 4. The van der Waals surface area contributed by atoms with E-state index in [1.165, 1.54) is 5.56 Å². The number of nitrogens with zero attached hydrogens (tertiary/aromatic N) is 1. The molecule has 0 aliphatic carbocycles. The van der Waals surface area contributed by atoms with Crippen LogP contribution in [0, 0.1) is 0 Å². The lowest BCUT2D eigenvalue weighted by molar-refractivity contribution is 0.0420. The van der Waals surface area contributed by atoms with Crippen molar-refractivity contribution in [1.29, 1.82) is 0 Å². The lowest BCUT2D eigenvalue weighted by Gasteiger charge is -2.13. The topological polar surface area (TPSA) is 64.1 Å². The normalized spacial score (nSPS) is 16.0. The fourth-order valence-electron chi connectivity index (χ4n) is 3.02. The molecule has 0 saturated carbocycles. The maximum absolute atomic E-state index is 5.78. The summed E-state index contributed by atoms with van der Waals surface area (Å²) in [6, 6.07) is 18.3. The molecule has 0 radical (unpaired) electrons. The van der Waals surface area contributed by atoms with Crippen molar-refractivity contribution in [2.45, 2.75) is 32.1 Å². The Bertz CT molecular complexity index is 735. The first-order chi connectivity index (χ1) is 14.3. The summed E-state index contributed by atoms with van der Waals surface area (Å²) in [4.78, 5) is 4.27. The zero-order valence-corrected chi connectivity index (χ0v) is 19.8. The number of benzene rings is 2. The van der Waals surface area contributed by atoms with Crippen LogP contribution in [0.25, 0.3) is 0 Å². The van der Waals surface area contributed by atoms with E-state index in [4.69, 9.17) is 14.2 Å². The van der Waals surface area contributed by atoms with Gasteiger partial charge in [0.05, 0.1) is 12.7 Å². The van der Waals surface area contributed by atoms with Crippen LogP contribution >= 0.6 is 24.0 Å². The number of nitrogens with one attached hydrogen (secondary N) is 2. The number of aliphatic imine (C=N–C) groups is 1. The van der Waals surface area contributed by atoms with Crippen LogP contribution < -0.4 is 15.4 Å². The summed E-state index contributed by atoms with van der Waals surface area (Å²) in [5.74, 6) is 1.68. The smallest absolute Gasteiger partial charge is 0.191 e. The van der Waals surface area contributed by atoms with E-state index >= 15 is 0 Å².